The zero-order valence-corrected chi connectivity index (χ0v) is 12.3. The fraction of sp³-hybridized carbons (Fsp3) is 0.562. The molecule has 112 valence electrons. The molecule has 0 saturated heterocycles. The molecule has 4 nitrogen and oxygen atoms in total. The highest BCUT2D eigenvalue weighted by Gasteiger charge is 2.15. The normalized spacial score (nSPS) is 13.8. The van der Waals surface area contributed by atoms with E-state index in [1.54, 1.807) is 7.11 Å². The summed E-state index contributed by atoms with van der Waals surface area (Å²) in [4.78, 5) is 10.7. The van der Waals surface area contributed by atoms with Gasteiger partial charge in [0.15, 0.2) is 0 Å². The Balaban J connectivity index is 2.41. The van der Waals surface area contributed by atoms with Crippen LogP contribution < -0.4 is 10.5 Å². The van der Waals surface area contributed by atoms with Gasteiger partial charge in [-0.05, 0) is 55.3 Å². The molecule has 4 heteroatoms. The highest BCUT2D eigenvalue weighted by Crippen LogP contribution is 2.21. The number of methoxy groups -OCH3 is 1. The fourth-order valence-electron chi connectivity index (χ4n) is 2.44. The van der Waals surface area contributed by atoms with Gasteiger partial charge in [0.1, 0.15) is 5.75 Å². The summed E-state index contributed by atoms with van der Waals surface area (Å²) in [7, 11) is 1.67. The Hall–Kier alpha value is -1.55. The summed E-state index contributed by atoms with van der Waals surface area (Å²) < 4.78 is 5.21. The maximum Gasteiger partial charge on any atom is 0.303 e. The Bertz CT molecular complexity index is 420. The maximum absolute atomic E-state index is 10.7. The topological polar surface area (TPSA) is 72.5 Å². The fourth-order valence-corrected chi connectivity index (χ4v) is 2.44. The van der Waals surface area contributed by atoms with Crippen molar-refractivity contribution in [1.29, 1.82) is 0 Å². The van der Waals surface area contributed by atoms with E-state index in [1.807, 2.05) is 18.2 Å². The second kappa shape index (κ2) is 8.59. The number of carbonyl (C=O) groups is 1. The van der Waals surface area contributed by atoms with Crippen molar-refractivity contribution in [3.05, 3.63) is 29.8 Å². The molecule has 0 aliphatic rings. The van der Waals surface area contributed by atoms with Gasteiger partial charge in [-0.3, -0.25) is 4.79 Å². The third-order valence-electron chi connectivity index (χ3n) is 3.59. The lowest BCUT2D eigenvalue weighted by Gasteiger charge is -2.18. The molecule has 0 radical (unpaired) electrons. The van der Waals surface area contributed by atoms with E-state index < -0.39 is 5.97 Å². The van der Waals surface area contributed by atoms with E-state index in [9.17, 15) is 4.79 Å². The Morgan fingerprint density at radius 1 is 1.45 bits per heavy atom. The van der Waals surface area contributed by atoms with Crippen LogP contribution in [0.25, 0.3) is 0 Å². The number of nitrogens with two attached hydrogens (primary N) is 1. The van der Waals surface area contributed by atoms with Crippen molar-refractivity contribution in [3.63, 3.8) is 0 Å². The molecule has 1 unspecified atom stereocenters. The molecule has 1 rings (SSSR count). The first-order valence-corrected chi connectivity index (χ1v) is 7.10. The molecule has 0 bridgehead atoms. The highest BCUT2D eigenvalue weighted by atomic mass is 16.5. The zero-order valence-electron chi connectivity index (χ0n) is 12.3. The predicted octanol–water partition coefficient (Wildman–Crippen LogP) is 2.70. The van der Waals surface area contributed by atoms with Crippen molar-refractivity contribution in [2.75, 3.05) is 13.7 Å². The van der Waals surface area contributed by atoms with Crippen LogP contribution in [0, 0.1) is 11.8 Å². The number of aliphatic carboxylic acids is 1. The summed E-state index contributed by atoms with van der Waals surface area (Å²) in [6, 6.07) is 8.06. The van der Waals surface area contributed by atoms with Crippen molar-refractivity contribution in [3.8, 4) is 5.75 Å². The van der Waals surface area contributed by atoms with Crippen LogP contribution in [0.2, 0.25) is 0 Å². The van der Waals surface area contributed by atoms with Gasteiger partial charge in [-0.1, -0.05) is 19.1 Å². The number of hydrogen-bond acceptors (Lipinski definition) is 3. The van der Waals surface area contributed by atoms with Gasteiger partial charge >= 0.3 is 5.97 Å². The van der Waals surface area contributed by atoms with Crippen molar-refractivity contribution in [2.24, 2.45) is 17.6 Å². The molecule has 20 heavy (non-hydrogen) atoms. The Morgan fingerprint density at radius 2 is 2.20 bits per heavy atom. The second-order valence-electron chi connectivity index (χ2n) is 5.43. The molecular weight excluding hydrogens is 254 g/mol. The minimum Gasteiger partial charge on any atom is -0.497 e. The minimum absolute atomic E-state index is 0.0767. The summed E-state index contributed by atoms with van der Waals surface area (Å²) in [6.07, 6.45) is 3.04. The number of rotatable bonds is 9. The first-order chi connectivity index (χ1) is 9.55. The smallest absolute Gasteiger partial charge is 0.303 e. The first-order valence-electron chi connectivity index (χ1n) is 7.10. The van der Waals surface area contributed by atoms with E-state index >= 15 is 0 Å². The molecule has 0 saturated carbocycles. The van der Waals surface area contributed by atoms with Crippen LogP contribution in [0.5, 0.6) is 5.75 Å². The van der Waals surface area contributed by atoms with Gasteiger partial charge in [0.05, 0.1) is 7.11 Å². The number of aryl methyl sites for hydroxylation is 1. The maximum atomic E-state index is 10.7. The molecular formula is C16H25NO3. The second-order valence-corrected chi connectivity index (χ2v) is 5.43. The molecule has 0 aliphatic heterocycles. The molecule has 0 aliphatic carbocycles. The Kier molecular flexibility index (Phi) is 7.09. The third-order valence-corrected chi connectivity index (χ3v) is 3.59. The molecule has 1 aromatic carbocycles. The largest absolute Gasteiger partial charge is 0.497 e. The molecule has 0 heterocycles. The van der Waals surface area contributed by atoms with Crippen LogP contribution in [-0.4, -0.2) is 24.7 Å². The lowest BCUT2D eigenvalue weighted by molar-refractivity contribution is -0.138. The minimum atomic E-state index is -0.763. The monoisotopic (exact) mass is 279 g/mol. The van der Waals surface area contributed by atoms with Crippen LogP contribution >= 0.6 is 0 Å². The van der Waals surface area contributed by atoms with Gasteiger partial charge < -0.3 is 15.6 Å². The average Bonchev–Trinajstić information content (AvgIpc) is 2.44. The third kappa shape index (κ3) is 6.06. The quantitative estimate of drug-likeness (QED) is 0.729. The molecule has 0 amide bonds. The zero-order chi connectivity index (χ0) is 15.0. The molecule has 2 atom stereocenters. The van der Waals surface area contributed by atoms with E-state index in [4.69, 9.17) is 15.6 Å². The van der Waals surface area contributed by atoms with Crippen molar-refractivity contribution < 1.29 is 14.6 Å². The van der Waals surface area contributed by atoms with Crippen molar-refractivity contribution in [1.82, 2.24) is 0 Å². The van der Waals surface area contributed by atoms with Crippen LogP contribution in [0.1, 0.15) is 31.7 Å². The van der Waals surface area contributed by atoms with Gasteiger partial charge in [-0.25, -0.2) is 0 Å². The average molecular weight is 279 g/mol. The van der Waals surface area contributed by atoms with Gasteiger partial charge in [0, 0.05) is 6.42 Å². The number of benzene rings is 1. The van der Waals surface area contributed by atoms with Gasteiger partial charge in [-0.15, -0.1) is 0 Å². The number of carboxylic acids is 1. The SMILES string of the molecule is COc1cccc(CCC(C)C[C@H](CN)CC(=O)O)c1. The van der Waals surface area contributed by atoms with E-state index in [2.05, 4.69) is 13.0 Å². The van der Waals surface area contributed by atoms with Crippen molar-refractivity contribution in [2.45, 2.75) is 32.6 Å². The predicted molar refractivity (Wildman–Crippen MR) is 79.9 cm³/mol. The number of hydrogen-bond donors (Lipinski definition) is 2. The summed E-state index contributed by atoms with van der Waals surface area (Å²) in [6.45, 7) is 2.60. The Morgan fingerprint density at radius 3 is 2.80 bits per heavy atom. The van der Waals surface area contributed by atoms with Gasteiger partial charge in [0.2, 0.25) is 0 Å². The lowest BCUT2D eigenvalue weighted by atomic mass is 9.89. The Labute approximate surface area is 120 Å². The summed E-state index contributed by atoms with van der Waals surface area (Å²) in [5.74, 6) is 0.656. The molecule has 0 spiro atoms. The van der Waals surface area contributed by atoms with Gasteiger partial charge in [0.25, 0.3) is 0 Å². The molecule has 3 N–H and O–H groups in total. The molecule has 0 aromatic heterocycles. The standard InChI is InChI=1S/C16H25NO3/c1-12(8-14(11-17)10-16(18)19)6-7-13-4-3-5-15(9-13)20-2/h3-5,9,12,14H,6-8,10-11,17H2,1-2H3,(H,18,19)/t12?,14-/m0/s1. The van der Waals surface area contributed by atoms with Crippen LogP contribution in [0.15, 0.2) is 24.3 Å². The first kappa shape index (κ1) is 16.5. The molecule has 1 aromatic rings. The van der Waals surface area contributed by atoms with E-state index in [0.717, 1.165) is 25.0 Å². The lowest BCUT2D eigenvalue weighted by Crippen LogP contribution is -2.20. The summed E-state index contributed by atoms with van der Waals surface area (Å²) >= 11 is 0. The number of carboxylic acid groups (broad SMARTS) is 1. The van der Waals surface area contributed by atoms with E-state index in [1.165, 1.54) is 5.56 Å². The van der Waals surface area contributed by atoms with E-state index in [0.29, 0.717) is 12.5 Å². The number of ether oxygens (including phenoxy) is 1. The summed E-state index contributed by atoms with van der Waals surface area (Å²) in [5.41, 5.74) is 6.88. The highest BCUT2D eigenvalue weighted by molar-refractivity contribution is 5.67. The van der Waals surface area contributed by atoms with Crippen LogP contribution in [-0.2, 0) is 11.2 Å². The van der Waals surface area contributed by atoms with Gasteiger partial charge in [-0.2, -0.15) is 0 Å². The summed E-state index contributed by atoms with van der Waals surface area (Å²) in [5, 5.41) is 8.82. The van der Waals surface area contributed by atoms with E-state index in [-0.39, 0.29) is 12.3 Å². The molecule has 0 fully saturated rings. The van der Waals surface area contributed by atoms with Crippen molar-refractivity contribution >= 4 is 5.97 Å². The van der Waals surface area contributed by atoms with Crippen LogP contribution in [0.3, 0.4) is 0 Å². The van der Waals surface area contributed by atoms with Crippen LogP contribution in [0.4, 0.5) is 0 Å².